The van der Waals surface area contributed by atoms with E-state index in [0.29, 0.717) is 5.92 Å². The van der Waals surface area contributed by atoms with Crippen LogP contribution in [0.5, 0.6) is 0 Å². The monoisotopic (exact) mass is 136 g/mol. The van der Waals surface area contributed by atoms with Gasteiger partial charge in [-0.3, -0.25) is 0 Å². The summed E-state index contributed by atoms with van der Waals surface area (Å²) in [7, 11) is 0. The molecular weight excluding hydrogens is 120 g/mol. The van der Waals surface area contributed by atoms with Crippen molar-refractivity contribution in [3.63, 3.8) is 0 Å². The average molecular weight is 136 g/mol. The third-order valence-corrected chi connectivity index (χ3v) is 1.69. The van der Waals surface area contributed by atoms with E-state index in [2.05, 4.69) is 27.0 Å². The molecule has 0 nitrogen and oxygen atoms in total. The van der Waals surface area contributed by atoms with Gasteiger partial charge in [-0.1, -0.05) is 50.8 Å². The first-order chi connectivity index (χ1) is 4.72. The van der Waals surface area contributed by atoms with E-state index >= 15 is 0 Å². The van der Waals surface area contributed by atoms with Crippen LogP contribution in [0.15, 0.2) is 37.0 Å². The van der Waals surface area contributed by atoms with Crippen molar-refractivity contribution in [3.05, 3.63) is 37.0 Å². The SMILES string of the molecule is C=C/C=C\C(=C)[C@H](C)CC. The molecule has 0 aromatic rings. The number of rotatable bonds is 4. The smallest absolute Gasteiger partial charge is 0.0199 e. The summed E-state index contributed by atoms with van der Waals surface area (Å²) in [6.45, 7) is 11.9. The minimum Gasteiger partial charge on any atom is -0.0991 e. The van der Waals surface area contributed by atoms with Gasteiger partial charge in [-0.25, -0.2) is 0 Å². The summed E-state index contributed by atoms with van der Waals surface area (Å²) in [5.41, 5.74) is 1.18. The van der Waals surface area contributed by atoms with Gasteiger partial charge in [0.1, 0.15) is 0 Å². The van der Waals surface area contributed by atoms with Gasteiger partial charge >= 0.3 is 0 Å². The van der Waals surface area contributed by atoms with Crippen molar-refractivity contribution < 1.29 is 0 Å². The van der Waals surface area contributed by atoms with Crippen LogP contribution in [0.4, 0.5) is 0 Å². The quantitative estimate of drug-likeness (QED) is 0.520. The topological polar surface area (TPSA) is 0 Å². The average Bonchev–Trinajstić information content (AvgIpc) is 1.98. The molecule has 0 aromatic carbocycles. The summed E-state index contributed by atoms with van der Waals surface area (Å²) in [6.07, 6.45) is 6.86. The van der Waals surface area contributed by atoms with Crippen LogP contribution in [-0.4, -0.2) is 0 Å². The standard InChI is InChI=1S/C10H16/c1-5-7-8-10(4)9(3)6-2/h5,7-9H,1,4,6H2,2-3H3/b8-7-/t9-/m1/s1. The molecule has 56 valence electrons. The highest BCUT2D eigenvalue weighted by Crippen LogP contribution is 2.12. The maximum absolute atomic E-state index is 3.93. The highest BCUT2D eigenvalue weighted by atomic mass is 14.0. The molecule has 0 aliphatic rings. The zero-order valence-electron chi connectivity index (χ0n) is 6.93. The van der Waals surface area contributed by atoms with Gasteiger partial charge in [0.15, 0.2) is 0 Å². The highest BCUT2D eigenvalue weighted by molar-refractivity contribution is 5.19. The van der Waals surface area contributed by atoms with E-state index in [9.17, 15) is 0 Å². The van der Waals surface area contributed by atoms with Gasteiger partial charge in [0.2, 0.25) is 0 Å². The Morgan fingerprint density at radius 3 is 2.60 bits per heavy atom. The molecule has 0 aromatic heterocycles. The van der Waals surface area contributed by atoms with Crippen LogP contribution in [0.25, 0.3) is 0 Å². The fraction of sp³-hybridized carbons (Fsp3) is 0.400. The third-order valence-electron chi connectivity index (χ3n) is 1.69. The van der Waals surface area contributed by atoms with E-state index in [1.807, 2.05) is 12.2 Å². The van der Waals surface area contributed by atoms with Crippen molar-refractivity contribution in [2.75, 3.05) is 0 Å². The summed E-state index contributed by atoms with van der Waals surface area (Å²) in [5, 5.41) is 0. The second-order valence-electron chi connectivity index (χ2n) is 2.48. The molecule has 0 aliphatic heterocycles. The van der Waals surface area contributed by atoms with Gasteiger partial charge in [-0.15, -0.1) is 0 Å². The fourth-order valence-electron chi connectivity index (χ4n) is 0.618. The maximum Gasteiger partial charge on any atom is -0.0199 e. The van der Waals surface area contributed by atoms with Crippen molar-refractivity contribution in [1.82, 2.24) is 0 Å². The zero-order valence-corrected chi connectivity index (χ0v) is 6.93. The minimum atomic E-state index is 0.594. The van der Waals surface area contributed by atoms with Crippen LogP contribution in [0, 0.1) is 5.92 Å². The highest BCUT2D eigenvalue weighted by Gasteiger charge is 1.97. The van der Waals surface area contributed by atoms with E-state index in [4.69, 9.17) is 0 Å². The molecule has 0 unspecified atom stereocenters. The Morgan fingerprint density at radius 2 is 2.20 bits per heavy atom. The second kappa shape index (κ2) is 5.04. The number of hydrogen-bond donors (Lipinski definition) is 0. The molecule has 0 bridgehead atoms. The van der Waals surface area contributed by atoms with Gasteiger partial charge in [-0.05, 0) is 12.3 Å². The molecule has 0 saturated carbocycles. The largest absolute Gasteiger partial charge is 0.0991 e. The van der Waals surface area contributed by atoms with Crippen LogP contribution in [-0.2, 0) is 0 Å². The first-order valence-corrected chi connectivity index (χ1v) is 3.70. The summed E-state index contributed by atoms with van der Waals surface area (Å²) in [4.78, 5) is 0. The van der Waals surface area contributed by atoms with Gasteiger partial charge in [0, 0.05) is 0 Å². The zero-order chi connectivity index (χ0) is 7.98. The van der Waals surface area contributed by atoms with Crippen molar-refractivity contribution >= 4 is 0 Å². The third kappa shape index (κ3) is 3.29. The van der Waals surface area contributed by atoms with E-state index < -0.39 is 0 Å². The molecule has 0 heterocycles. The Hall–Kier alpha value is -0.780. The predicted octanol–water partition coefficient (Wildman–Crippen LogP) is 3.33. The van der Waals surface area contributed by atoms with Crippen molar-refractivity contribution in [2.45, 2.75) is 20.3 Å². The summed E-state index contributed by atoms with van der Waals surface area (Å²) >= 11 is 0. The summed E-state index contributed by atoms with van der Waals surface area (Å²) in [5.74, 6) is 0.594. The molecule has 0 amide bonds. The molecule has 0 rings (SSSR count). The first-order valence-electron chi connectivity index (χ1n) is 3.70. The van der Waals surface area contributed by atoms with Crippen LogP contribution < -0.4 is 0 Å². The van der Waals surface area contributed by atoms with Gasteiger partial charge in [0.25, 0.3) is 0 Å². The van der Waals surface area contributed by atoms with Crippen LogP contribution in [0.1, 0.15) is 20.3 Å². The number of hydrogen-bond acceptors (Lipinski definition) is 0. The minimum absolute atomic E-state index is 0.594. The molecule has 0 heteroatoms. The first kappa shape index (κ1) is 9.22. The Bertz CT molecular complexity index is 140. The lowest BCUT2D eigenvalue weighted by Crippen LogP contribution is -1.92. The Labute approximate surface area is 64.0 Å². The fourth-order valence-corrected chi connectivity index (χ4v) is 0.618. The summed E-state index contributed by atoms with van der Waals surface area (Å²) < 4.78 is 0. The van der Waals surface area contributed by atoms with Crippen molar-refractivity contribution in [3.8, 4) is 0 Å². The lowest BCUT2D eigenvalue weighted by molar-refractivity contribution is 0.673. The number of allylic oxidation sites excluding steroid dienone is 4. The molecule has 0 fully saturated rings. The molecule has 0 N–H and O–H groups in total. The van der Waals surface area contributed by atoms with Crippen LogP contribution >= 0.6 is 0 Å². The normalized spacial score (nSPS) is 13.4. The molecule has 0 spiro atoms. The van der Waals surface area contributed by atoms with E-state index in [1.54, 1.807) is 6.08 Å². The molecule has 0 saturated heterocycles. The van der Waals surface area contributed by atoms with Crippen molar-refractivity contribution in [1.29, 1.82) is 0 Å². The maximum atomic E-state index is 3.93. The predicted molar refractivity (Wildman–Crippen MR) is 47.9 cm³/mol. The Morgan fingerprint density at radius 1 is 1.60 bits per heavy atom. The van der Waals surface area contributed by atoms with Crippen LogP contribution in [0.3, 0.4) is 0 Å². The van der Waals surface area contributed by atoms with E-state index in [0.717, 1.165) is 6.42 Å². The van der Waals surface area contributed by atoms with E-state index in [-0.39, 0.29) is 0 Å². The second-order valence-corrected chi connectivity index (χ2v) is 2.48. The molecular formula is C10H16. The molecule has 0 radical (unpaired) electrons. The van der Waals surface area contributed by atoms with E-state index in [1.165, 1.54) is 5.57 Å². The van der Waals surface area contributed by atoms with Crippen LogP contribution in [0.2, 0.25) is 0 Å². The molecule has 10 heavy (non-hydrogen) atoms. The Kier molecular flexibility index (Phi) is 4.65. The van der Waals surface area contributed by atoms with Crippen molar-refractivity contribution in [2.24, 2.45) is 5.92 Å². The lowest BCUT2D eigenvalue weighted by atomic mass is 10.00. The molecule has 0 aliphatic carbocycles. The van der Waals surface area contributed by atoms with Gasteiger partial charge < -0.3 is 0 Å². The molecule has 1 atom stereocenters. The summed E-state index contributed by atoms with van der Waals surface area (Å²) in [6, 6.07) is 0. The Balaban J connectivity index is 3.83. The van der Waals surface area contributed by atoms with Gasteiger partial charge in [-0.2, -0.15) is 0 Å². The lowest BCUT2D eigenvalue weighted by Gasteiger charge is -2.06. The van der Waals surface area contributed by atoms with Gasteiger partial charge in [0.05, 0.1) is 0 Å².